The molecule has 0 aliphatic heterocycles. The van der Waals surface area contributed by atoms with Crippen LogP contribution in [0.2, 0.25) is 0 Å². The standard InChI is InChI=1S/C50H31NS/c1-2-31-18-23-47-44(26-31)45-29-35(20-24-48(45)51(47)36-21-25-50-46(30-36)42-16-7-8-17-49(42)52-50)33-11-9-10-32(27-33)34-19-22-41-39-14-4-3-12-37(39)38-13-5-6-15-40(38)43(41)28-34/h2-30H,1H2. The van der Waals surface area contributed by atoms with Gasteiger partial charge in [0, 0.05) is 36.6 Å². The van der Waals surface area contributed by atoms with Gasteiger partial charge >= 0.3 is 0 Å². The lowest BCUT2D eigenvalue weighted by Gasteiger charge is -2.13. The van der Waals surface area contributed by atoms with Crippen LogP contribution >= 0.6 is 11.3 Å². The van der Waals surface area contributed by atoms with Crippen LogP contribution in [0.1, 0.15) is 5.56 Å². The first-order chi connectivity index (χ1) is 25.7. The van der Waals surface area contributed by atoms with E-state index in [9.17, 15) is 0 Å². The van der Waals surface area contributed by atoms with Crippen molar-refractivity contribution in [3.05, 3.63) is 182 Å². The van der Waals surface area contributed by atoms with Crippen LogP contribution in [-0.2, 0) is 0 Å². The van der Waals surface area contributed by atoms with Crippen molar-refractivity contribution in [2.24, 2.45) is 0 Å². The number of hydrogen-bond acceptors (Lipinski definition) is 1. The predicted octanol–water partition coefficient (Wildman–Crippen LogP) is 14.6. The maximum atomic E-state index is 4.09. The fourth-order valence-corrected chi connectivity index (χ4v) is 9.53. The van der Waals surface area contributed by atoms with Crippen LogP contribution in [-0.4, -0.2) is 4.57 Å². The zero-order chi connectivity index (χ0) is 34.3. The molecular weight excluding hydrogens is 647 g/mol. The second-order valence-corrected chi connectivity index (χ2v) is 14.8. The second kappa shape index (κ2) is 11.3. The molecule has 0 unspecified atom stereocenters. The van der Waals surface area contributed by atoms with Crippen molar-refractivity contribution >= 4 is 91.7 Å². The van der Waals surface area contributed by atoms with Gasteiger partial charge < -0.3 is 4.57 Å². The third-order valence-corrected chi connectivity index (χ3v) is 12.1. The fourth-order valence-electron chi connectivity index (χ4n) is 8.44. The fraction of sp³-hybridized carbons (Fsp3) is 0. The van der Waals surface area contributed by atoms with Crippen LogP contribution in [0.25, 0.3) is 108 Å². The number of benzene rings is 9. The zero-order valence-corrected chi connectivity index (χ0v) is 29.1. The van der Waals surface area contributed by atoms with E-state index in [4.69, 9.17) is 0 Å². The van der Waals surface area contributed by atoms with E-state index < -0.39 is 0 Å². The largest absolute Gasteiger partial charge is 0.309 e. The Morgan fingerprint density at radius 2 is 0.904 bits per heavy atom. The van der Waals surface area contributed by atoms with Crippen molar-refractivity contribution < 1.29 is 0 Å². The van der Waals surface area contributed by atoms with Gasteiger partial charge in [0.1, 0.15) is 0 Å². The summed E-state index contributed by atoms with van der Waals surface area (Å²) in [4.78, 5) is 0. The monoisotopic (exact) mass is 677 g/mol. The third-order valence-electron chi connectivity index (χ3n) is 10.9. The minimum absolute atomic E-state index is 1.12. The molecule has 0 fully saturated rings. The smallest absolute Gasteiger partial charge is 0.0541 e. The van der Waals surface area contributed by atoms with Crippen LogP contribution in [0.3, 0.4) is 0 Å². The summed E-state index contributed by atoms with van der Waals surface area (Å²) in [7, 11) is 0. The minimum Gasteiger partial charge on any atom is -0.309 e. The van der Waals surface area contributed by atoms with Crippen LogP contribution in [0.5, 0.6) is 0 Å². The highest BCUT2D eigenvalue weighted by Gasteiger charge is 2.16. The lowest BCUT2D eigenvalue weighted by Crippen LogP contribution is -1.93. The molecule has 2 aromatic heterocycles. The Balaban J connectivity index is 1.07. The van der Waals surface area contributed by atoms with Gasteiger partial charge in [0.25, 0.3) is 0 Å². The maximum Gasteiger partial charge on any atom is 0.0541 e. The number of rotatable bonds is 4. The second-order valence-electron chi connectivity index (χ2n) is 13.8. The normalized spacial score (nSPS) is 11.9. The summed E-state index contributed by atoms with van der Waals surface area (Å²) < 4.78 is 5.06. The molecule has 0 spiro atoms. The van der Waals surface area contributed by atoms with E-state index >= 15 is 0 Å². The first kappa shape index (κ1) is 29.3. The van der Waals surface area contributed by atoms with Gasteiger partial charge in [-0.15, -0.1) is 11.3 Å². The molecule has 0 saturated carbocycles. The maximum absolute atomic E-state index is 4.09. The third kappa shape index (κ3) is 4.35. The Hall–Kier alpha value is -6.48. The highest BCUT2D eigenvalue weighted by Crippen LogP contribution is 2.41. The van der Waals surface area contributed by atoms with Gasteiger partial charge in [-0.3, -0.25) is 0 Å². The average Bonchev–Trinajstić information content (AvgIpc) is 3.75. The first-order valence-electron chi connectivity index (χ1n) is 17.8. The molecule has 52 heavy (non-hydrogen) atoms. The van der Waals surface area contributed by atoms with Crippen LogP contribution < -0.4 is 0 Å². The summed E-state index contributed by atoms with van der Waals surface area (Å²) in [5.41, 5.74) is 9.53. The Bertz CT molecular complexity index is 3230. The molecule has 0 atom stereocenters. The van der Waals surface area contributed by atoms with E-state index in [2.05, 4.69) is 181 Å². The summed E-state index contributed by atoms with van der Waals surface area (Å²) >= 11 is 1.86. The SMILES string of the molecule is C=Cc1ccc2c(c1)c1cc(-c3cccc(-c4ccc5c6ccccc6c6ccccc6c5c4)c3)ccc1n2-c1ccc2sc3ccccc3c2c1. The summed E-state index contributed by atoms with van der Waals surface area (Å²) in [6.07, 6.45) is 1.94. The van der Waals surface area contributed by atoms with Crippen molar-refractivity contribution in [1.82, 2.24) is 4.57 Å². The van der Waals surface area contributed by atoms with Gasteiger partial charge in [-0.25, -0.2) is 0 Å². The first-order valence-corrected chi connectivity index (χ1v) is 18.6. The topological polar surface area (TPSA) is 4.93 Å². The highest BCUT2D eigenvalue weighted by atomic mass is 32.1. The summed E-state index contributed by atoms with van der Waals surface area (Å²) in [5, 5.41) is 12.9. The molecule has 2 heteroatoms. The van der Waals surface area contributed by atoms with E-state index in [1.54, 1.807) is 0 Å². The van der Waals surface area contributed by atoms with Crippen LogP contribution in [0.4, 0.5) is 0 Å². The molecule has 0 aliphatic carbocycles. The Morgan fingerprint density at radius 3 is 1.62 bits per heavy atom. The molecule has 242 valence electrons. The lowest BCUT2D eigenvalue weighted by atomic mass is 9.91. The Morgan fingerprint density at radius 1 is 0.365 bits per heavy atom. The molecule has 0 radical (unpaired) electrons. The molecule has 0 saturated heterocycles. The zero-order valence-electron chi connectivity index (χ0n) is 28.3. The van der Waals surface area contributed by atoms with Crippen molar-refractivity contribution in [3.63, 3.8) is 0 Å². The number of hydrogen-bond donors (Lipinski definition) is 0. The Labute approximate surface area is 304 Å². The number of thiophene rings is 1. The van der Waals surface area contributed by atoms with Gasteiger partial charge in [0.15, 0.2) is 0 Å². The molecule has 1 nitrogen and oxygen atoms in total. The van der Waals surface area contributed by atoms with E-state index in [0.29, 0.717) is 0 Å². The van der Waals surface area contributed by atoms with E-state index in [1.807, 2.05) is 17.4 Å². The molecule has 0 aliphatic rings. The molecular formula is C50H31NS. The quantitative estimate of drug-likeness (QED) is 0.163. The van der Waals surface area contributed by atoms with Gasteiger partial charge in [0.05, 0.1) is 11.0 Å². The Kier molecular flexibility index (Phi) is 6.34. The molecule has 9 aromatic carbocycles. The van der Waals surface area contributed by atoms with E-state index in [0.717, 1.165) is 5.56 Å². The van der Waals surface area contributed by atoms with Gasteiger partial charge in [-0.05, 0) is 121 Å². The van der Waals surface area contributed by atoms with Crippen LogP contribution in [0, 0.1) is 0 Å². The van der Waals surface area contributed by atoms with Crippen molar-refractivity contribution in [3.8, 4) is 27.9 Å². The van der Waals surface area contributed by atoms with Crippen molar-refractivity contribution in [2.75, 3.05) is 0 Å². The minimum atomic E-state index is 1.12. The molecule has 11 aromatic rings. The molecule has 0 N–H and O–H groups in total. The molecule has 0 bridgehead atoms. The predicted molar refractivity (Wildman–Crippen MR) is 227 cm³/mol. The van der Waals surface area contributed by atoms with Gasteiger partial charge in [0.2, 0.25) is 0 Å². The molecule has 2 heterocycles. The van der Waals surface area contributed by atoms with Gasteiger partial charge in [-0.2, -0.15) is 0 Å². The number of aromatic nitrogens is 1. The molecule has 0 amide bonds. The summed E-state index contributed by atoms with van der Waals surface area (Å²) in [5.74, 6) is 0. The number of nitrogens with zero attached hydrogens (tertiary/aromatic N) is 1. The van der Waals surface area contributed by atoms with E-state index in [-0.39, 0.29) is 0 Å². The summed E-state index contributed by atoms with van der Waals surface area (Å²) in [6.45, 7) is 4.09. The van der Waals surface area contributed by atoms with Crippen LogP contribution in [0.15, 0.2) is 176 Å². The lowest BCUT2D eigenvalue weighted by molar-refractivity contribution is 1.19. The van der Waals surface area contributed by atoms with Gasteiger partial charge in [-0.1, -0.05) is 122 Å². The number of fused-ring (bicyclic) bond motifs is 12. The summed E-state index contributed by atoms with van der Waals surface area (Å²) in [6, 6.07) is 62.8. The van der Waals surface area contributed by atoms with E-state index in [1.165, 1.54) is 102 Å². The van der Waals surface area contributed by atoms with Crippen molar-refractivity contribution in [1.29, 1.82) is 0 Å². The highest BCUT2D eigenvalue weighted by molar-refractivity contribution is 7.25. The molecule has 11 rings (SSSR count). The average molecular weight is 678 g/mol. The van der Waals surface area contributed by atoms with Crippen molar-refractivity contribution in [2.45, 2.75) is 0 Å².